The van der Waals surface area contributed by atoms with Gasteiger partial charge in [0.25, 0.3) is 0 Å². The van der Waals surface area contributed by atoms with E-state index in [2.05, 4.69) is 43.6 Å². The van der Waals surface area contributed by atoms with E-state index in [0.29, 0.717) is 12.1 Å². The van der Waals surface area contributed by atoms with E-state index in [1.54, 1.807) is 0 Å². The van der Waals surface area contributed by atoms with Crippen LogP contribution >= 0.6 is 11.8 Å². The lowest BCUT2D eigenvalue weighted by molar-refractivity contribution is 0.163. The molecule has 0 spiro atoms. The van der Waals surface area contributed by atoms with Crippen LogP contribution in [-0.2, 0) is 0 Å². The molecule has 2 nitrogen and oxygen atoms in total. The predicted molar refractivity (Wildman–Crippen MR) is 87.8 cm³/mol. The van der Waals surface area contributed by atoms with E-state index in [9.17, 15) is 0 Å². The predicted octanol–water partition coefficient (Wildman–Crippen LogP) is 4.49. The third-order valence-electron chi connectivity index (χ3n) is 3.97. The molecule has 1 N–H and O–H groups in total. The average Bonchev–Trinajstić information content (AvgIpc) is 2.50. The fraction of sp³-hybridized carbons (Fsp3) is 0.647. The van der Waals surface area contributed by atoms with Gasteiger partial charge in [0.1, 0.15) is 11.9 Å². The molecule has 2 unspecified atom stereocenters. The molecule has 1 aromatic rings. The first-order chi connectivity index (χ1) is 9.85. The number of hydrogen-bond acceptors (Lipinski definition) is 3. The molecule has 0 radical (unpaired) electrons. The maximum Gasteiger partial charge on any atom is 0.133 e. The molecular weight excluding hydrogens is 266 g/mol. The highest BCUT2D eigenvalue weighted by atomic mass is 32.2. The van der Waals surface area contributed by atoms with Crippen molar-refractivity contribution in [3.63, 3.8) is 0 Å². The molecule has 1 heterocycles. The van der Waals surface area contributed by atoms with Crippen LogP contribution in [-0.4, -0.2) is 24.9 Å². The summed E-state index contributed by atoms with van der Waals surface area (Å²) in [7, 11) is 2.06. The van der Waals surface area contributed by atoms with Gasteiger partial charge in [-0.1, -0.05) is 51.2 Å². The summed E-state index contributed by atoms with van der Waals surface area (Å²) in [6.07, 6.45) is 8.22. The Labute approximate surface area is 127 Å². The Morgan fingerprint density at radius 3 is 2.85 bits per heavy atom. The molecule has 3 heteroatoms. The number of thioether (sulfide) groups is 1. The molecule has 0 aliphatic carbocycles. The zero-order valence-electron chi connectivity index (χ0n) is 12.7. The second-order valence-corrected chi connectivity index (χ2v) is 6.57. The van der Waals surface area contributed by atoms with Crippen molar-refractivity contribution in [3.8, 4) is 5.75 Å². The largest absolute Gasteiger partial charge is 0.487 e. The van der Waals surface area contributed by atoms with Crippen molar-refractivity contribution >= 4 is 11.8 Å². The molecule has 2 atom stereocenters. The number of rotatable bonds is 8. The van der Waals surface area contributed by atoms with Crippen LogP contribution in [0.15, 0.2) is 29.2 Å². The van der Waals surface area contributed by atoms with Crippen molar-refractivity contribution in [2.75, 3.05) is 12.8 Å². The van der Waals surface area contributed by atoms with Crippen molar-refractivity contribution in [3.05, 3.63) is 24.3 Å². The topological polar surface area (TPSA) is 21.3 Å². The fourth-order valence-corrected chi connectivity index (χ4v) is 3.80. The van der Waals surface area contributed by atoms with Gasteiger partial charge in [0, 0.05) is 16.7 Å². The Hall–Kier alpha value is -0.670. The standard InChI is InChI=1S/C17H27NOS/c1-3-4-5-6-7-10-14(18-2)16-13-20-17-12-9-8-11-15(17)19-16/h8-9,11-12,14,16,18H,3-7,10,13H2,1-2H3. The monoisotopic (exact) mass is 293 g/mol. The van der Waals surface area contributed by atoms with E-state index in [1.807, 2.05) is 11.8 Å². The Bertz CT molecular complexity index is 396. The summed E-state index contributed by atoms with van der Waals surface area (Å²) in [6, 6.07) is 8.84. The average molecular weight is 293 g/mol. The molecule has 0 bridgehead atoms. The zero-order chi connectivity index (χ0) is 14.2. The summed E-state index contributed by atoms with van der Waals surface area (Å²) in [4.78, 5) is 1.28. The number of unbranched alkanes of at least 4 members (excludes halogenated alkanes) is 4. The molecule has 1 aliphatic rings. The summed E-state index contributed by atoms with van der Waals surface area (Å²) < 4.78 is 6.18. The first kappa shape index (κ1) is 15.7. The molecule has 1 aromatic carbocycles. The summed E-state index contributed by atoms with van der Waals surface area (Å²) in [5.41, 5.74) is 0. The van der Waals surface area contributed by atoms with E-state index in [4.69, 9.17) is 4.74 Å². The first-order valence-electron chi connectivity index (χ1n) is 7.91. The van der Waals surface area contributed by atoms with Crippen LogP contribution in [0.3, 0.4) is 0 Å². The van der Waals surface area contributed by atoms with Crippen molar-refractivity contribution in [2.24, 2.45) is 0 Å². The van der Waals surface area contributed by atoms with Crippen molar-refractivity contribution in [2.45, 2.75) is 62.5 Å². The second kappa shape index (κ2) is 8.58. The maximum atomic E-state index is 6.18. The molecule has 0 aromatic heterocycles. The number of benzene rings is 1. The van der Waals surface area contributed by atoms with Crippen molar-refractivity contribution < 1.29 is 4.74 Å². The van der Waals surface area contributed by atoms with E-state index < -0.39 is 0 Å². The van der Waals surface area contributed by atoms with E-state index >= 15 is 0 Å². The molecule has 0 saturated heterocycles. The van der Waals surface area contributed by atoms with Crippen LogP contribution in [0.5, 0.6) is 5.75 Å². The Balaban J connectivity index is 1.80. The van der Waals surface area contributed by atoms with Gasteiger partial charge in [0.05, 0.1) is 0 Å². The normalized spacial score (nSPS) is 19.2. The minimum Gasteiger partial charge on any atom is -0.487 e. The number of fused-ring (bicyclic) bond motifs is 1. The molecule has 20 heavy (non-hydrogen) atoms. The highest BCUT2D eigenvalue weighted by molar-refractivity contribution is 7.99. The minimum absolute atomic E-state index is 0.297. The lowest BCUT2D eigenvalue weighted by atomic mass is 10.0. The Kier molecular flexibility index (Phi) is 6.74. The van der Waals surface area contributed by atoms with Crippen LogP contribution in [0.4, 0.5) is 0 Å². The van der Waals surface area contributed by atoms with Crippen LogP contribution in [0.1, 0.15) is 45.4 Å². The van der Waals surface area contributed by atoms with Crippen LogP contribution < -0.4 is 10.1 Å². The number of likely N-dealkylation sites (N-methyl/N-ethyl adjacent to an activating group) is 1. The lowest BCUT2D eigenvalue weighted by Crippen LogP contribution is -2.44. The van der Waals surface area contributed by atoms with Crippen molar-refractivity contribution in [1.82, 2.24) is 5.32 Å². The van der Waals surface area contributed by atoms with Crippen LogP contribution in [0.25, 0.3) is 0 Å². The number of para-hydroxylation sites is 1. The Morgan fingerprint density at radius 1 is 1.25 bits per heavy atom. The van der Waals surface area contributed by atoms with Gasteiger partial charge in [-0.2, -0.15) is 0 Å². The van der Waals surface area contributed by atoms with Gasteiger partial charge in [-0.05, 0) is 25.6 Å². The first-order valence-corrected chi connectivity index (χ1v) is 8.89. The highest BCUT2D eigenvalue weighted by Gasteiger charge is 2.26. The molecular formula is C17H27NOS. The van der Waals surface area contributed by atoms with Gasteiger partial charge in [0.15, 0.2) is 0 Å². The minimum atomic E-state index is 0.297. The third-order valence-corrected chi connectivity index (χ3v) is 5.11. The molecule has 0 amide bonds. The van der Waals surface area contributed by atoms with Crippen LogP contribution in [0, 0.1) is 0 Å². The number of ether oxygens (including phenoxy) is 1. The molecule has 0 fully saturated rings. The lowest BCUT2D eigenvalue weighted by Gasteiger charge is -2.31. The fourth-order valence-electron chi connectivity index (χ4n) is 2.72. The molecule has 0 saturated carbocycles. The molecule has 1 aliphatic heterocycles. The second-order valence-electron chi connectivity index (χ2n) is 5.51. The summed E-state index contributed by atoms with van der Waals surface area (Å²) in [5, 5.41) is 3.46. The Morgan fingerprint density at radius 2 is 2.05 bits per heavy atom. The summed E-state index contributed by atoms with van der Waals surface area (Å²) >= 11 is 1.92. The SMILES string of the molecule is CCCCCCCC(NC)C1CSc2ccccc2O1. The smallest absolute Gasteiger partial charge is 0.133 e. The quantitative estimate of drug-likeness (QED) is 0.714. The van der Waals surface area contributed by atoms with Gasteiger partial charge in [0.2, 0.25) is 0 Å². The third kappa shape index (κ3) is 4.42. The van der Waals surface area contributed by atoms with E-state index in [1.165, 1.54) is 43.4 Å². The summed E-state index contributed by atoms with van der Waals surface area (Å²) in [6.45, 7) is 2.26. The maximum absolute atomic E-state index is 6.18. The van der Waals surface area contributed by atoms with Crippen LogP contribution in [0.2, 0.25) is 0 Å². The van der Waals surface area contributed by atoms with Gasteiger partial charge in [-0.15, -0.1) is 11.8 Å². The van der Waals surface area contributed by atoms with E-state index in [-0.39, 0.29) is 0 Å². The van der Waals surface area contributed by atoms with Gasteiger partial charge in [-0.3, -0.25) is 0 Å². The summed E-state index contributed by atoms with van der Waals surface area (Å²) in [5.74, 6) is 2.11. The molecule has 2 rings (SSSR count). The zero-order valence-corrected chi connectivity index (χ0v) is 13.5. The molecule has 112 valence electrons. The number of nitrogens with one attached hydrogen (secondary N) is 1. The van der Waals surface area contributed by atoms with Gasteiger partial charge < -0.3 is 10.1 Å². The van der Waals surface area contributed by atoms with E-state index in [0.717, 1.165) is 11.5 Å². The van der Waals surface area contributed by atoms with Gasteiger partial charge >= 0.3 is 0 Å². The number of hydrogen-bond donors (Lipinski definition) is 1. The van der Waals surface area contributed by atoms with Crippen molar-refractivity contribution in [1.29, 1.82) is 0 Å². The van der Waals surface area contributed by atoms with Gasteiger partial charge in [-0.25, -0.2) is 0 Å². The highest BCUT2D eigenvalue weighted by Crippen LogP contribution is 2.36.